The van der Waals surface area contributed by atoms with Crippen LogP contribution in [0.25, 0.3) is 0 Å². The first-order chi connectivity index (χ1) is 2.41. The van der Waals surface area contributed by atoms with Gasteiger partial charge in [-0.1, -0.05) is 6.42 Å². The Balaban J connectivity index is 3.46. The molecular formula is C5H3+. The van der Waals surface area contributed by atoms with Crippen LogP contribution in [0.5, 0.6) is 0 Å². The molecule has 5 heavy (non-hydrogen) atoms. The molecular weight excluding hydrogens is 60.1 g/mol. The first kappa shape index (κ1) is 3.99. The Kier molecular flexibility index (Phi) is 2.39. The van der Waals surface area contributed by atoms with Crippen molar-refractivity contribution in [3.63, 3.8) is 0 Å². The van der Waals surface area contributed by atoms with Crippen LogP contribution in [-0.2, 0) is 0 Å². The van der Waals surface area contributed by atoms with Gasteiger partial charge in [0.25, 0.3) is 0 Å². The van der Waals surface area contributed by atoms with Gasteiger partial charge in [0.2, 0.25) is 0 Å². The summed E-state index contributed by atoms with van der Waals surface area (Å²) in [5.74, 6) is 2.16. The van der Waals surface area contributed by atoms with Crippen LogP contribution >= 0.6 is 0 Å². The number of rotatable bonds is 0. The van der Waals surface area contributed by atoms with E-state index >= 15 is 0 Å². The monoisotopic (exact) mass is 63.0 g/mol. The molecule has 0 nitrogen and oxygen atoms in total. The van der Waals surface area contributed by atoms with Crippen molar-refractivity contribution in [2.45, 2.75) is 0 Å². The van der Waals surface area contributed by atoms with Crippen molar-refractivity contribution in [1.82, 2.24) is 0 Å². The van der Waals surface area contributed by atoms with Crippen molar-refractivity contribution < 1.29 is 0 Å². The highest BCUT2D eigenvalue weighted by Crippen LogP contribution is 1.48. The van der Waals surface area contributed by atoms with Crippen LogP contribution in [-0.4, -0.2) is 0 Å². The van der Waals surface area contributed by atoms with Gasteiger partial charge in [-0.05, 0) is 0 Å². The Hall–Kier alpha value is -1.01. The van der Waals surface area contributed by atoms with Gasteiger partial charge in [-0.25, -0.2) is 0 Å². The van der Waals surface area contributed by atoms with Crippen molar-refractivity contribution in [2.75, 3.05) is 0 Å². The molecule has 0 heteroatoms. The van der Waals surface area contributed by atoms with Gasteiger partial charge >= 0.3 is 0 Å². The first-order valence-electron chi connectivity index (χ1n) is 1.15. The van der Waals surface area contributed by atoms with E-state index in [1.54, 1.807) is 0 Å². The Morgan fingerprint density at radius 1 is 1.80 bits per heavy atom. The van der Waals surface area contributed by atoms with Crippen molar-refractivity contribution in [2.24, 2.45) is 0 Å². The van der Waals surface area contributed by atoms with Gasteiger partial charge in [-0.2, -0.15) is 0 Å². The normalized spacial score (nSPS) is 3.60. The van der Waals surface area contributed by atoms with Gasteiger partial charge in [-0.15, -0.1) is 0 Å². The molecule has 0 aliphatic heterocycles. The lowest BCUT2D eigenvalue weighted by Crippen LogP contribution is -1.28. The largest absolute Gasteiger partial charge is 0.173 e. The van der Waals surface area contributed by atoms with Crippen LogP contribution in [0.4, 0.5) is 0 Å². The van der Waals surface area contributed by atoms with Gasteiger partial charge in [0, 0.05) is 5.92 Å². The maximum atomic E-state index is 4.69. The molecule has 0 saturated carbocycles. The minimum Gasteiger partial charge on any atom is -0.0918 e. The van der Waals surface area contributed by atoms with Gasteiger partial charge in [0.05, 0.1) is 0 Å². The second kappa shape index (κ2) is 2.99. The summed E-state index contributed by atoms with van der Waals surface area (Å²) in [6, 6.07) is 0. The molecule has 0 aliphatic carbocycles. The summed E-state index contributed by atoms with van der Waals surface area (Å²) in [7, 11) is 0. The topological polar surface area (TPSA) is 0 Å². The average Bonchev–Trinajstić information content (AvgIpc) is 1.41. The van der Waals surface area contributed by atoms with Crippen molar-refractivity contribution in [1.29, 1.82) is 0 Å². The standard InChI is InChI=1S/C5H3/c1-3-5-4-2/h1-2,5H/q+1. The van der Waals surface area contributed by atoms with E-state index in [9.17, 15) is 0 Å². The predicted octanol–water partition coefficient (Wildman–Crippen LogP) is 0.764. The number of hydrogen-bond donors (Lipinski definition) is 0. The van der Waals surface area contributed by atoms with Crippen molar-refractivity contribution >= 4 is 0 Å². The zero-order valence-electron chi connectivity index (χ0n) is 2.73. The molecule has 0 aromatic heterocycles. The lowest BCUT2D eigenvalue weighted by atomic mass is 10.6. The number of allylic oxidation sites excluding steroid dienone is 1. The summed E-state index contributed by atoms with van der Waals surface area (Å²) in [4.78, 5) is 0. The smallest absolute Gasteiger partial charge is 0.0918 e. The van der Waals surface area contributed by atoms with E-state index in [0.717, 1.165) is 0 Å². The fraction of sp³-hybridized carbons (Fsp3) is 0. The van der Waals surface area contributed by atoms with Crippen LogP contribution in [0, 0.1) is 18.9 Å². The summed E-state index contributed by atoms with van der Waals surface area (Å²) in [5, 5.41) is 0. The molecule has 22 valence electrons. The molecule has 0 aromatic carbocycles. The third kappa shape index (κ3) is 2.99. The summed E-state index contributed by atoms with van der Waals surface area (Å²) in [6.07, 6.45) is 6.00. The third-order valence-corrected chi connectivity index (χ3v) is 0.167. The summed E-state index contributed by atoms with van der Waals surface area (Å²) in [6.45, 7) is 4.69. The predicted molar refractivity (Wildman–Crippen MR) is 21.2 cm³/mol. The van der Waals surface area contributed by atoms with E-state index in [0.29, 0.717) is 0 Å². The van der Waals surface area contributed by atoms with Crippen LogP contribution in [0.1, 0.15) is 0 Å². The molecule has 0 saturated heterocycles. The van der Waals surface area contributed by atoms with E-state index in [-0.39, 0.29) is 0 Å². The van der Waals surface area contributed by atoms with Crippen LogP contribution in [0.2, 0.25) is 0 Å². The molecule has 0 bridgehead atoms. The second-order valence-electron chi connectivity index (χ2n) is 0.478. The molecule has 0 unspecified atom stereocenters. The Labute approximate surface area is 31.8 Å². The van der Waals surface area contributed by atoms with Crippen LogP contribution in [0.3, 0.4) is 0 Å². The fourth-order valence-electron chi connectivity index (χ4n) is 0.0481. The SMILES string of the molecule is C#CC=C=[CH+]. The van der Waals surface area contributed by atoms with E-state index in [2.05, 4.69) is 11.7 Å². The maximum Gasteiger partial charge on any atom is 0.173 e. The zero-order valence-corrected chi connectivity index (χ0v) is 2.73. The maximum absolute atomic E-state index is 4.69. The fourth-order valence-corrected chi connectivity index (χ4v) is 0.0481. The molecule has 0 radical (unpaired) electrons. The third-order valence-electron chi connectivity index (χ3n) is 0.167. The summed E-state index contributed by atoms with van der Waals surface area (Å²) < 4.78 is 0. The summed E-state index contributed by atoms with van der Waals surface area (Å²) >= 11 is 0. The molecule has 0 N–H and O–H groups in total. The highest BCUT2D eigenvalue weighted by molar-refractivity contribution is 5.05. The Bertz CT molecular complexity index is 87.1. The molecule has 0 heterocycles. The highest BCUT2D eigenvalue weighted by Gasteiger charge is 1.49. The van der Waals surface area contributed by atoms with E-state index in [1.807, 2.05) is 0 Å². The molecule has 0 atom stereocenters. The molecule has 0 rings (SSSR count). The van der Waals surface area contributed by atoms with E-state index < -0.39 is 0 Å². The molecule has 0 spiro atoms. The van der Waals surface area contributed by atoms with Crippen LogP contribution < -0.4 is 0 Å². The first-order valence-corrected chi connectivity index (χ1v) is 1.15. The lowest BCUT2D eigenvalue weighted by Gasteiger charge is -1.27. The highest BCUT2D eigenvalue weighted by atomic mass is 13.4. The van der Waals surface area contributed by atoms with Gasteiger partial charge < -0.3 is 0 Å². The zero-order chi connectivity index (χ0) is 4.12. The number of hydrogen-bond acceptors (Lipinski definition) is 0. The molecule has 0 fully saturated rings. The van der Waals surface area contributed by atoms with Crippen molar-refractivity contribution in [3.8, 4) is 12.3 Å². The quantitative estimate of drug-likeness (QED) is 0.221. The molecule has 0 aliphatic rings. The average molecular weight is 63.1 g/mol. The van der Waals surface area contributed by atoms with Gasteiger partial charge in [0.15, 0.2) is 11.8 Å². The van der Waals surface area contributed by atoms with Gasteiger partial charge in [-0.3, -0.25) is 0 Å². The Morgan fingerprint density at radius 3 is 2.40 bits per heavy atom. The van der Waals surface area contributed by atoms with E-state index in [1.165, 1.54) is 6.08 Å². The van der Waals surface area contributed by atoms with Gasteiger partial charge in [0.1, 0.15) is 6.58 Å². The molecule has 0 amide bonds. The lowest BCUT2D eigenvalue weighted by molar-refractivity contribution is 2.22. The van der Waals surface area contributed by atoms with Crippen LogP contribution in [0.15, 0.2) is 11.8 Å². The summed E-state index contributed by atoms with van der Waals surface area (Å²) in [5.41, 5.74) is 2.16. The minimum atomic E-state index is 1.31. The second-order valence-corrected chi connectivity index (χ2v) is 0.478. The van der Waals surface area contributed by atoms with E-state index in [4.69, 9.17) is 13.0 Å². The molecule has 0 aromatic rings. The Morgan fingerprint density at radius 2 is 2.40 bits per heavy atom. The number of terminal acetylenes is 1. The van der Waals surface area contributed by atoms with Crippen molar-refractivity contribution in [3.05, 3.63) is 18.4 Å². The minimum absolute atomic E-state index is 1.31.